The summed E-state index contributed by atoms with van der Waals surface area (Å²) in [4.78, 5) is 23.3. The predicted molar refractivity (Wildman–Crippen MR) is 158 cm³/mol. The van der Waals surface area contributed by atoms with E-state index in [9.17, 15) is 9.59 Å². The van der Waals surface area contributed by atoms with E-state index in [2.05, 4.69) is 50.3 Å². The largest absolute Gasteiger partial charge is 0.481 e. The molecule has 37 heavy (non-hydrogen) atoms. The third kappa shape index (κ3) is 28.6. The Morgan fingerprint density at radius 2 is 1.08 bits per heavy atom. The standard InChI is InChI=1S/C33H58O4/c1-3-5-7-9-11-12-13-14-15-16-17-18-19-20-21-22-23-25-27-29-33(36)37-31(30-32(34)35)28-26-24-10-8-6-4-2/h11-12,14-15,17-18,31H,3-10,13,16,19-30H2,1-2H3,(H,34,35)/b12-11-,15-14-,18-17-. The van der Waals surface area contributed by atoms with Gasteiger partial charge in [-0.3, -0.25) is 9.59 Å². The fourth-order valence-corrected chi connectivity index (χ4v) is 4.32. The number of carbonyl (C=O) groups is 2. The second-order valence-corrected chi connectivity index (χ2v) is 10.3. The minimum absolute atomic E-state index is 0.0814. The van der Waals surface area contributed by atoms with Crippen molar-refractivity contribution in [3.8, 4) is 0 Å². The zero-order valence-corrected chi connectivity index (χ0v) is 24.3. The van der Waals surface area contributed by atoms with E-state index >= 15 is 0 Å². The van der Waals surface area contributed by atoms with Crippen molar-refractivity contribution >= 4 is 11.9 Å². The number of hydrogen-bond acceptors (Lipinski definition) is 3. The highest BCUT2D eigenvalue weighted by atomic mass is 16.5. The van der Waals surface area contributed by atoms with Gasteiger partial charge in [-0.15, -0.1) is 0 Å². The maximum atomic E-state index is 12.2. The lowest BCUT2D eigenvalue weighted by Crippen LogP contribution is -2.21. The van der Waals surface area contributed by atoms with Gasteiger partial charge in [0.25, 0.3) is 0 Å². The predicted octanol–water partition coefficient (Wildman–Crippen LogP) is 10.3. The molecule has 0 rings (SSSR count). The van der Waals surface area contributed by atoms with E-state index in [0.29, 0.717) is 12.8 Å². The van der Waals surface area contributed by atoms with Crippen LogP contribution in [-0.2, 0) is 14.3 Å². The Balaban J connectivity index is 3.67. The number of esters is 1. The maximum absolute atomic E-state index is 12.2. The number of hydrogen-bond donors (Lipinski definition) is 1. The fraction of sp³-hybridized carbons (Fsp3) is 0.758. The molecule has 0 aromatic rings. The monoisotopic (exact) mass is 518 g/mol. The minimum Gasteiger partial charge on any atom is -0.481 e. The molecule has 1 atom stereocenters. The molecule has 4 nitrogen and oxygen atoms in total. The second kappa shape index (κ2) is 28.7. The maximum Gasteiger partial charge on any atom is 0.307 e. The van der Waals surface area contributed by atoms with Crippen molar-refractivity contribution in [2.75, 3.05) is 0 Å². The molecule has 0 fully saturated rings. The van der Waals surface area contributed by atoms with Crippen molar-refractivity contribution in [3.63, 3.8) is 0 Å². The summed E-state index contributed by atoms with van der Waals surface area (Å²) in [6.45, 7) is 4.43. The van der Waals surface area contributed by atoms with E-state index in [1.54, 1.807) is 0 Å². The number of rotatable bonds is 27. The van der Waals surface area contributed by atoms with Crippen molar-refractivity contribution in [2.24, 2.45) is 0 Å². The molecule has 0 spiro atoms. The highest BCUT2D eigenvalue weighted by Crippen LogP contribution is 2.15. The van der Waals surface area contributed by atoms with Gasteiger partial charge in [0.1, 0.15) is 6.10 Å². The van der Waals surface area contributed by atoms with Crippen LogP contribution in [0.15, 0.2) is 36.5 Å². The average Bonchev–Trinajstić information content (AvgIpc) is 2.87. The summed E-state index contributed by atoms with van der Waals surface area (Å²) in [6, 6.07) is 0. The Bertz CT molecular complexity index is 605. The molecule has 0 aliphatic carbocycles. The SMILES string of the molecule is CCCCC/C=C\C/C=C\C/C=C\CCCCCCCCC(=O)OC(CCCCCCCC)CC(=O)O. The quantitative estimate of drug-likeness (QED) is 0.0667. The number of carboxylic acid groups (broad SMARTS) is 1. The molecule has 214 valence electrons. The van der Waals surface area contributed by atoms with Crippen molar-refractivity contribution in [3.05, 3.63) is 36.5 Å². The molecular formula is C33H58O4. The molecule has 1 unspecified atom stereocenters. The van der Waals surface area contributed by atoms with Gasteiger partial charge in [-0.2, -0.15) is 0 Å². The third-order valence-corrected chi connectivity index (χ3v) is 6.60. The molecule has 0 amide bonds. The van der Waals surface area contributed by atoms with Gasteiger partial charge in [-0.25, -0.2) is 0 Å². The lowest BCUT2D eigenvalue weighted by molar-refractivity contribution is -0.153. The molecule has 0 saturated heterocycles. The van der Waals surface area contributed by atoms with Gasteiger partial charge in [0.05, 0.1) is 6.42 Å². The molecular weight excluding hydrogens is 460 g/mol. The Hall–Kier alpha value is -1.84. The molecule has 0 heterocycles. The molecule has 0 saturated carbocycles. The molecule has 4 heteroatoms. The van der Waals surface area contributed by atoms with Crippen molar-refractivity contribution < 1.29 is 19.4 Å². The van der Waals surface area contributed by atoms with E-state index in [1.807, 2.05) is 0 Å². The first-order valence-corrected chi connectivity index (χ1v) is 15.5. The summed E-state index contributed by atoms with van der Waals surface area (Å²) in [5, 5.41) is 9.11. The van der Waals surface area contributed by atoms with Crippen LogP contribution in [0.5, 0.6) is 0 Å². The minimum atomic E-state index is -0.893. The summed E-state index contributed by atoms with van der Waals surface area (Å²) in [5.74, 6) is -1.13. The first-order valence-electron chi connectivity index (χ1n) is 15.5. The molecule has 0 radical (unpaired) electrons. The topological polar surface area (TPSA) is 63.6 Å². The van der Waals surface area contributed by atoms with E-state index in [-0.39, 0.29) is 12.4 Å². The molecule has 0 bridgehead atoms. The van der Waals surface area contributed by atoms with Gasteiger partial charge in [0.15, 0.2) is 0 Å². The van der Waals surface area contributed by atoms with Crippen LogP contribution in [0.3, 0.4) is 0 Å². The van der Waals surface area contributed by atoms with Crippen LogP contribution in [0.4, 0.5) is 0 Å². The summed E-state index contributed by atoms with van der Waals surface area (Å²) in [5.41, 5.74) is 0. The van der Waals surface area contributed by atoms with Crippen LogP contribution in [0.25, 0.3) is 0 Å². The first kappa shape index (κ1) is 35.2. The van der Waals surface area contributed by atoms with Crippen molar-refractivity contribution in [1.82, 2.24) is 0 Å². The van der Waals surface area contributed by atoms with Crippen LogP contribution >= 0.6 is 0 Å². The summed E-state index contributed by atoms with van der Waals surface area (Å²) in [7, 11) is 0. The van der Waals surface area contributed by atoms with Crippen LogP contribution in [-0.4, -0.2) is 23.1 Å². The van der Waals surface area contributed by atoms with Gasteiger partial charge in [0.2, 0.25) is 0 Å². The third-order valence-electron chi connectivity index (χ3n) is 6.60. The van der Waals surface area contributed by atoms with Crippen LogP contribution in [0, 0.1) is 0 Å². The Morgan fingerprint density at radius 1 is 0.622 bits per heavy atom. The van der Waals surface area contributed by atoms with Crippen LogP contribution in [0.2, 0.25) is 0 Å². The molecule has 0 aliphatic heterocycles. The first-order chi connectivity index (χ1) is 18.1. The number of unbranched alkanes of at least 4 members (excludes halogenated alkanes) is 14. The normalized spacial score (nSPS) is 12.7. The number of ether oxygens (including phenoxy) is 1. The van der Waals surface area contributed by atoms with Crippen molar-refractivity contribution in [2.45, 2.75) is 161 Å². The molecule has 0 aliphatic rings. The number of aliphatic carboxylic acids is 1. The van der Waals surface area contributed by atoms with E-state index in [1.165, 1.54) is 70.6 Å². The number of carbonyl (C=O) groups excluding carboxylic acids is 1. The zero-order valence-electron chi connectivity index (χ0n) is 24.3. The van der Waals surface area contributed by atoms with Crippen LogP contribution in [0.1, 0.15) is 155 Å². The number of carboxylic acids is 1. The van der Waals surface area contributed by atoms with Crippen LogP contribution < -0.4 is 0 Å². The molecule has 0 aromatic carbocycles. The van der Waals surface area contributed by atoms with E-state index in [4.69, 9.17) is 9.84 Å². The Kier molecular flexibility index (Phi) is 27.3. The summed E-state index contributed by atoms with van der Waals surface area (Å²) in [6.07, 6.45) is 36.0. The second-order valence-electron chi connectivity index (χ2n) is 10.3. The Morgan fingerprint density at radius 3 is 1.68 bits per heavy atom. The van der Waals surface area contributed by atoms with Gasteiger partial charge >= 0.3 is 11.9 Å². The molecule has 1 N–H and O–H groups in total. The summed E-state index contributed by atoms with van der Waals surface area (Å²) < 4.78 is 5.49. The smallest absolute Gasteiger partial charge is 0.307 e. The highest BCUT2D eigenvalue weighted by Gasteiger charge is 2.17. The van der Waals surface area contributed by atoms with E-state index in [0.717, 1.165) is 51.4 Å². The van der Waals surface area contributed by atoms with Crippen molar-refractivity contribution in [1.29, 1.82) is 0 Å². The Labute approximate surface area is 229 Å². The lowest BCUT2D eigenvalue weighted by Gasteiger charge is -2.16. The zero-order chi connectivity index (χ0) is 27.2. The van der Waals surface area contributed by atoms with Gasteiger partial charge in [0, 0.05) is 6.42 Å². The van der Waals surface area contributed by atoms with E-state index < -0.39 is 12.1 Å². The molecule has 0 aromatic heterocycles. The van der Waals surface area contributed by atoms with Gasteiger partial charge in [-0.1, -0.05) is 121 Å². The number of allylic oxidation sites excluding steroid dienone is 6. The fourth-order valence-electron chi connectivity index (χ4n) is 4.32. The highest BCUT2D eigenvalue weighted by molar-refractivity contribution is 5.71. The average molecular weight is 519 g/mol. The summed E-state index contributed by atoms with van der Waals surface area (Å²) >= 11 is 0. The van der Waals surface area contributed by atoms with Gasteiger partial charge < -0.3 is 9.84 Å². The lowest BCUT2D eigenvalue weighted by atomic mass is 10.1. The van der Waals surface area contributed by atoms with Gasteiger partial charge in [-0.05, 0) is 57.8 Å².